The Kier molecular flexibility index (Phi) is 1.87. The predicted octanol–water partition coefficient (Wildman–Crippen LogP) is 2.31. The molecule has 0 spiro atoms. The third kappa shape index (κ3) is 1.23. The fourth-order valence-corrected chi connectivity index (χ4v) is 1.61. The van der Waals surface area contributed by atoms with Crippen LogP contribution < -0.4 is 0 Å². The summed E-state index contributed by atoms with van der Waals surface area (Å²) in [6.07, 6.45) is 4.62. The molecule has 1 radical (unpaired) electrons. The number of nitrogens with zero attached hydrogens (tertiary/aromatic N) is 2. The third-order valence-electron chi connectivity index (χ3n) is 1.61. The van der Waals surface area contributed by atoms with E-state index >= 15 is 0 Å². The highest BCUT2D eigenvalue weighted by Crippen LogP contribution is 2.22. The number of pyridine rings is 1. The van der Waals surface area contributed by atoms with Gasteiger partial charge in [0.05, 0.1) is 17.4 Å². The molecule has 0 aliphatic rings. The van der Waals surface area contributed by atoms with Crippen molar-refractivity contribution in [3.8, 4) is 11.3 Å². The minimum absolute atomic E-state index is 0.969. The molecule has 2 aromatic heterocycles. The Labute approximate surface area is 74.9 Å². The Morgan fingerprint density at radius 2 is 2.42 bits per heavy atom. The van der Waals surface area contributed by atoms with Crippen molar-refractivity contribution in [2.45, 2.75) is 6.92 Å². The van der Waals surface area contributed by atoms with Crippen molar-refractivity contribution in [1.82, 2.24) is 9.97 Å². The van der Waals surface area contributed by atoms with Gasteiger partial charge < -0.3 is 0 Å². The molecule has 2 rings (SSSR count). The van der Waals surface area contributed by atoms with Crippen molar-refractivity contribution in [2.75, 3.05) is 0 Å². The second-order valence-electron chi connectivity index (χ2n) is 2.42. The average Bonchev–Trinajstić information content (AvgIpc) is 2.53. The molecule has 0 unspecified atom stereocenters. The fraction of sp³-hybridized carbons (Fsp3) is 0.111. The highest BCUT2D eigenvalue weighted by atomic mass is 32.1. The van der Waals surface area contributed by atoms with Gasteiger partial charge in [-0.3, -0.25) is 4.98 Å². The fourth-order valence-electron chi connectivity index (χ4n) is 1.02. The molecule has 0 saturated carbocycles. The lowest BCUT2D eigenvalue weighted by atomic mass is 10.2. The Balaban J connectivity index is 2.51. The largest absolute Gasteiger partial charge is 0.254 e. The van der Waals surface area contributed by atoms with E-state index in [0.29, 0.717) is 0 Å². The van der Waals surface area contributed by atoms with E-state index in [1.165, 1.54) is 4.88 Å². The zero-order chi connectivity index (χ0) is 8.39. The van der Waals surface area contributed by atoms with Crippen LogP contribution in [0.5, 0.6) is 0 Å². The monoisotopic (exact) mass is 175 g/mol. The topological polar surface area (TPSA) is 25.8 Å². The molecular weight excluding hydrogens is 168 g/mol. The van der Waals surface area contributed by atoms with Gasteiger partial charge in [-0.25, -0.2) is 4.98 Å². The molecule has 2 nitrogen and oxygen atoms in total. The van der Waals surface area contributed by atoms with Gasteiger partial charge in [-0.2, -0.15) is 0 Å². The van der Waals surface area contributed by atoms with Gasteiger partial charge in [-0.15, -0.1) is 11.3 Å². The molecule has 0 bridgehead atoms. The maximum Gasteiger partial charge on any atom is 0.0987 e. The van der Waals surface area contributed by atoms with Crippen LogP contribution in [0, 0.1) is 13.1 Å². The lowest BCUT2D eigenvalue weighted by Gasteiger charge is -1.94. The number of aromatic nitrogens is 2. The van der Waals surface area contributed by atoms with Crippen molar-refractivity contribution >= 4 is 11.3 Å². The smallest absolute Gasteiger partial charge is 0.0987 e. The summed E-state index contributed by atoms with van der Waals surface area (Å²) in [7, 11) is 0. The normalized spacial score (nSPS) is 10.1. The molecule has 2 heterocycles. The molecule has 0 aliphatic heterocycles. The van der Waals surface area contributed by atoms with Crippen LogP contribution in [0.15, 0.2) is 23.8 Å². The molecule has 0 saturated heterocycles. The molecule has 0 N–H and O–H groups in total. The van der Waals surface area contributed by atoms with Gasteiger partial charge in [0.15, 0.2) is 0 Å². The molecule has 0 fully saturated rings. The molecular formula is C9H7N2S. The first-order valence-electron chi connectivity index (χ1n) is 3.61. The van der Waals surface area contributed by atoms with E-state index in [-0.39, 0.29) is 0 Å². The van der Waals surface area contributed by atoms with Crippen LogP contribution in [-0.2, 0) is 0 Å². The number of rotatable bonds is 1. The Morgan fingerprint density at radius 1 is 1.50 bits per heavy atom. The summed E-state index contributed by atoms with van der Waals surface area (Å²) < 4.78 is 0. The summed E-state index contributed by atoms with van der Waals surface area (Å²) in [4.78, 5) is 9.36. The lowest BCUT2D eigenvalue weighted by Crippen LogP contribution is -1.80. The van der Waals surface area contributed by atoms with Crippen molar-refractivity contribution in [3.63, 3.8) is 0 Å². The first-order valence-corrected chi connectivity index (χ1v) is 4.49. The Morgan fingerprint density at radius 3 is 3.00 bits per heavy atom. The van der Waals surface area contributed by atoms with Crippen molar-refractivity contribution in [1.29, 1.82) is 0 Å². The van der Waals surface area contributed by atoms with Crippen LogP contribution in [0.1, 0.15) is 4.88 Å². The summed E-state index contributed by atoms with van der Waals surface area (Å²) >= 11 is 1.64. The van der Waals surface area contributed by atoms with Gasteiger partial charge in [0.25, 0.3) is 0 Å². The maximum atomic E-state index is 4.23. The van der Waals surface area contributed by atoms with Crippen LogP contribution in [0.3, 0.4) is 0 Å². The number of aryl methyl sites for hydroxylation is 1. The first-order chi connectivity index (χ1) is 5.88. The predicted molar refractivity (Wildman–Crippen MR) is 48.9 cm³/mol. The molecule has 12 heavy (non-hydrogen) atoms. The van der Waals surface area contributed by atoms with E-state index in [9.17, 15) is 0 Å². The van der Waals surface area contributed by atoms with Gasteiger partial charge >= 0.3 is 0 Å². The summed E-state index contributed by atoms with van der Waals surface area (Å²) in [5, 5.41) is 0. The standard InChI is InChI=1S/C9H7N2S/c1-7-9(11-6-12-7)8-3-2-4-10-5-8/h2-4,6H,1H3. The molecule has 0 aromatic carbocycles. The van der Waals surface area contributed by atoms with E-state index in [1.807, 2.05) is 24.6 Å². The number of hydrogen-bond donors (Lipinski definition) is 0. The van der Waals surface area contributed by atoms with Crippen LogP contribution in [0.2, 0.25) is 0 Å². The average molecular weight is 175 g/mol. The highest BCUT2D eigenvalue weighted by molar-refractivity contribution is 7.10. The molecule has 0 atom stereocenters. The Bertz CT molecular complexity index is 367. The molecule has 0 amide bonds. The molecule has 59 valence electrons. The minimum Gasteiger partial charge on any atom is -0.254 e. The van der Waals surface area contributed by atoms with Gasteiger partial charge in [-0.1, -0.05) is 0 Å². The first kappa shape index (κ1) is 7.43. The highest BCUT2D eigenvalue weighted by Gasteiger charge is 2.03. The van der Waals surface area contributed by atoms with E-state index in [1.54, 1.807) is 17.5 Å². The molecule has 0 aliphatic carbocycles. The lowest BCUT2D eigenvalue weighted by molar-refractivity contribution is 1.28. The third-order valence-corrected chi connectivity index (χ3v) is 2.37. The maximum absolute atomic E-state index is 4.23. The SMILES string of the molecule is Cc1scnc1-c1[c]nccc1. The van der Waals surface area contributed by atoms with Crippen LogP contribution >= 0.6 is 11.3 Å². The second-order valence-corrected chi connectivity index (χ2v) is 3.48. The van der Waals surface area contributed by atoms with Crippen molar-refractivity contribution in [3.05, 3.63) is 34.9 Å². The van der Waals surface area contributed by atoms with E-state index < -0.39 is 0 Å². The van der Waals surface area contributed by atoms with Crippen molar-refractivity contribution < 1.29 is 0 Å². The zero-order valence-electron chi connectivity index (χ0n) is 6.61. The van der Waals surface area contributed by atoms with E-state index in [2.05, 4.69) is 16.2 Å². The van der Waals surface area contributed by atoms with Gasteiger partial charge in [0, 0.05) is 16.6 Å². The summed E-state index contributed by atoms with van der Waals surface area (Å²) in [6.45, 7) is 2.05. The summed E-state index contributed by atoms with van der Waals surface area (Å²) in [5.74, 6) is 0. The molecule has 3 heteroatoms. The van der Waals surface area contributed by atoms with Crippen molar-refractivity contribution in [2.24, 2.45) is 0 Å². The number of hydrogen-bond acceptors (Lipinski definition) is 3. The molecule has 2 aromatic rings. The Hall–Kier alpha value is -1.22. The van der Waals surface area contributed by atoms with E-state index in [4.69, 9.17) is 0 Å². The quantitative estimate of drug-likeness (QED) is 0.664. The van der Waals surface area contributed by atoms with Gasteiger partial charge in [0.1, 0.15) is 0 Å². The second kappa shape index (κ2) is 3.03. The summed E-state index contributed by atoms with van der Waals surface area (Å²) in [6, 6.07) is 3.86. The van der Waals surface area contributed by atoms with Crippen LogP contribution in [0.4, 0.5) is 0 Å². The minimum atomic E-state index is 0.969. The van der Waals surface area contributed by atoms with Gasteiger partial charge in [0.2, 0.25) is 0 Å². The van der Waals surface area contributed by atoms with E-state index in [0.717, 1.165) is 11.3 Å². The van der Waals surface area contributed by atoms with Crippen LogP contribution in [-0.4, -0.2) is 9.97 Å². The zero-order valence-corrected chi connectivity index (χ0v) is 7.43. The van der Waals surface area contributed by atoms with Crippen LogP contribution in [0.25, 0.3) is 11.3 Å². The summed E-state index contributed by atoms with van der Waals surface area (Å²) in [5.41, 5.74) is 3.80. The number of thiazole rings is 1. The van der Waals surface area contributed by atoms with Gasteiger partial charge in [-0.05, 0) is 19.1 Å².